The second-order valence-electron chi connectivity index (χ2n) is 7.86. The van der Waals surface area contributed by atoms with E-state index in [0.29, 0.717) is 27.7 Å². The van der Waals surface area contributed by atoms with Gasteiger partial charge >= 0.3 is 0 Å². The van der Waals surface area contributed by atoms with Crippen molar-refractivity contribution >= 4 is 40.5 Å². The summed E-state index contributed by atoms with van der Waals surface area (Å²) >= 11 is 6.02. The van der Waals surface area contributed by atoms with E-state index in [0.717, 1.165) is 4.90 Å². The minimum atomic E-state index is -1.10. The molecule has 5 rings (SSSR count). The van der Waals surface area contributed by atoms with Crippen molar-refractivity contribution in [1.82, 2.24) is 0 Å². The molecule has 0 radical (unpaired) electrons. The van der Waals surface area contributed by atoms with Crippen molar-refractivity contribution in [1.29, 1.82) is 0 Å². The average molecular weight is 480 g/mol. The number of hydroxylamine groups is 1. The molecule has 2 amide bonds. The number of benzene rings is 3. The molecule has 2 aliphatic heterocycles. The first kappa shape index (κ1) is 21.9. The van der Waals surface area contributed by atoms with Crippen LogP contribution < -0.4 is 14.7 Å². The monoisotopic (exact) mass is 479 g/mol. The number of nitro benzene ring substituents is 1. The number of rotatable bonds is 5. The minimum absolute atomic E-state index is 0.126. The fraction of sp³-hybridized carbons (Fsp3) is 0.167. The Morgan fingerprint density at radius 1 is 0.971 bits per heavy atom. The van der Waals surface area contributed by atoms with E-state index in [-0.39, 0.29) is 5.69 Å². The fourth-order valence-corrected chi connectivity index (χ4v) is 4.52. The zero-order valence-electron chi connectivity index (χ0n) is 17.8. The van der Waals surface area contributed by atoms with Crippen molar-refractivity contribution in [2.24, 2.45) is 5.92 Å². The van der Waals surface area contributed by atoms with E-state index in [4.69, 9.17) is 21.2 Å². The molecule has 3 aromatic rings. The highest BCUT2D eigenvalue weighted by Gasteiger charge is 2.60. The van der Waals surface area contributed by atoms with E-state index in [2.05, 4.69) is 0 Å². The molecule has 34 heavy (non-hydrogen) atoms. The molecule has 0 N–H and O–H groups in total. The number of halogens is 1. The van der Waals surface area contributed by atoms with Crippen molar-refractivity contribution in [2.75, 3.05) is 17.1 Å². The van der Waals surface area contributed by atoms with Gasteiger partial charge in [0.2, 0.25) is 5.91 Å². The largest absolute Gasteiger partial charge is 0.497 e. The highest BCUT2D eigenvalue weighted by atomic mass is 35.5. The summed E-state index contributed by atoms with van der Waals surface area (Å²) in [4.78, 5) is 45.0. The van der Waals surface area contributed by atoms with Gasteiger partial charge in [0.15, 0.2) is 6.10 Å². The maximum Gasteiger partial charge on any atom is 0.269 e. The van der Waals surface area contributed by atoms with Crippen molar-refractivity contribution < 1.29 is 24.1 Å². The Labute approximate surface area is 199 Å². The Morgan fingerprint density at radius 2 is 1.71 bits per heavy atom. The number of anilines is 2. The molecule has 10 heteroatoms. The molecule has 0 saturated carbocycles. The lowest BCUT2D eigenvalue weighted by atomic mass is 9.90. The van der Waals surface area contributed by atoms with Gasteiger partial charge in [0.05, 0.1) is 29.4 Å². The molecule has 3 atom stereocenters. The second kappa shape index (κ2) is 8.44. The highest BCUT2D eigenvalue weighted by molar-refractivity contribution is 6.30. The van der Waals surface area contributed by atoms with Crippen LogP contribution in [0.25, 0.3) is 0 Å². The van der Waals surface area contributed by atoms with Gasteiger partial charge in [-0.05, 0) is 42.0 Å². The highest BCUT2D eigenvalue weighted by Crippen LogP contribution is 2.48. The smallest absolute Gasteiger partial charge is 0.269 e. The van der Waals surface area contributed by atoms with Gasteiger partial charge in [-0.15, -0.1) is 0 Å². The van der Waals surface area contributed by atoms with E-state index in [1.54, 1.807) is 60.7 Å². The number of carbonyl (C=O) groups is 2. The summed E-state index contributed by atoms with van der Waals surface area (Å²) in [5.41, 5.74) is 1.27. The molecule has 2 fully saturated rings. The number of amides is 2. The predicted octanol–water partition coefficient (Wildman–Crippen LogP) is 4.31. The summed E-state index contributed by atoms with van der Waals surface area (Å²) < 4.78 is 5.23. The number of carbonyl (C=O) groups excluding carboxylic acids is 2. The predicted molar refractivity (Wildman–Crippen MR) is 124 cm³/mol. The molecular weight excluding hydrogens is 462 g/mol. The summed E-state index contributed by atoms with van der Waals surface area (Å²) in [5.74, 6) is -1.41. The normalized spacial score (nSPS) is 21.6. The number of methoxy groups -OCH3 is 1. The number of nitrogens with zero attached hydrogens (tertiary/aromatic N) is 3. The quantitative estimate of drug-likeness (QED) is 0.305. The second-order valence-corrected chi connectivity index (χ2v) is 8.30. The first-order chi connectivity index (χ1) is 16.4. The molecule has 0 aromatic heterocycles. The van der Waals surface area contributed by atoms with Crippen LogP contribution in [0.3, 0.4) is 0 Å². The zero-order chi connectivity index (χ0) is 24.0. The Morgan fingerprint density at radius 3 is 2.41 bits per heavy atom. The van der Waals surface area contributed by atoms with Crippen molar-refractivity contribution in [3.63, 3.8) is 0 Å². The van der Waals surface area contributed by atoms with E-state index in [9.17, 15) is 19.7 Å². The standard InChI is InChI=1S/C24H18ClN3O6/c1-33-19-7-3-5-17(13-19)26-23(29)20-21(14-4-2-6-18(12-14)28(31)32)27(34-22(20)24(26)30)16-10-8-15(25)9-11-16/h2-13,20-22H,1H3/t20-,21+,22+/m0/s1. The fourth-order valence-electron chi connectivity index (χ4n) is 4.39. The number of hydrogen-bond donors (Lipinski definition) is 0. The molecule has 172 valence electrons. The van der Waals surface area contributed by atoms with Crippen LogP contribution in [-0.4, -0.2) is 30.0 Å². The average Bonchev–Trinajstić information content (AvgIpc) is 3.35. The van der Waals surface area contributed by atoms with Crippen molar-refractivity contribution in [2.45, 2.75) is 12.1 Å². The molecule has 2 heterocycles. The summed E-state index contributed by atoms with van der Waals surface area (Å²) in [6.07, 6.45) is -1.10. The van der Waals surface area contributed by atoms with Gasteiger partial charge in [-0.1, -0.05) is 29.8 Å². The van der Waals surface area contributed by atoms with Crippen molar-refractivity contribution in [3.05, 3.63) is 93.5 Å². The molecule has 2 aliphatic rings. The molecule has 3 aromatic carbocycles. The van der Waals surface area contributed by atoms with Gasteiger partial charge in [0.25, 0.3) is 11.6 Å². The lowest BCUT2D eigenvalue weighted by Gasteiger charge is -2.28. The van der Waals surface area contributed by atoms with Crippen LogP contribution in [0.2, 0.25) is 5.02 Å². The topological polar surface area (TPSA) is 102 Å². The third-order valence-corrected chi connectivity index (χ3v) is 6.18. The third-order valence-electron chi connectivity index (χ3n) is 5.93. The van der Waals surface area contributed by atoms with Crippen LogP contribution in [0.1, 0.15) is 11.6 Å². The summed E-state index contributed by atoms with van der Waals surface area (Å²) in [7, 11) is 1.49. The Kier molecular flexibility index (Phi) is 5.43. The number of fused-ring (bicyclic) bond motifs is 1. The molecule has 2 saturated heterocycles. The maximum absolute atomic E-state index is 13.6. The number of nitro groups is 1. The molecule has 0 aliphatic carbocycles. The molecule has 0 bridgehead atoms. The van der Waals surface area contributed by atoms with Gasteiger partial charge in [0.1, 0.15) is 11.7 Å². The molecular formula is C24H18ClN3O6. The zero-order valence-corrected chi connectivity index (χ0v) is 18.6. The van der Waals surface area contributed by atoms with Crippen LogP contribution in [-0.2, 0) is 14.4 Å². The van der Waals surface area contributed by atoms with Crippen LogP contribution in [0.4, 0.5) is 17.1 Å². The Balaban J connectivity index is 1.60. The van der Waals surface area contributed by atoms with Crippen LogP contribution in [0.5, 0.6) is 5.75 Å². The molecule has 0 unspecified atom stereocenters. The number of ether oxygens (including phenoxy) is 1. The van der Waals surface area contributed by atoms with Gasteiger partial charge in [0, 0.05) is 23.2 Å². The summed E-state index contributed by atoms with van der Waals surface area (Å²) in [6.45, 7) is 0. The van der Waals surface area contributed by atoms with Crippen LogP contribution in [0, 0.1) is 16.0 Å². The van der Waals surface area contributed by atoms with Crippen molar-refractivity contribution in [3.8, 4) is 5.75 Å². The number of hydrogen-bond acceptors (Lipinski definition) is 7. The molecule has 9 nitrogen and oxygen atoms in total. The lowest BCUT2D eigenvalue weighted by Crippen LogP contribution is -2.37. The Bertz CT molecular complexity index is 1300. The van der Waals surface area contributed by atoms with E-state index >= 15 is 0 Å². The first-order valence-electron chi connectivity index (χ1n) is 10.4. The SMILES string of the molecule is COc1cccc(N2C(=O)[C@H]3[C@@H](c4cccc([N+](=O)[O-])c4)N(c4ccc(Cl)cc4)O[C@H]3C2=O)c1. The van der Waals surface area contributed by atoms with E-state index < -0.39 is 34.8 Å². The van der Waals surface area contributed by atoms with Crippen LogP contribution in [0.15, 0.2) is 72.8 Å². The van der Waals surface area contributed by atoms with E-state index in [1.807, 2.05) is 0 Å². The molecule has 0 spiro atoms. The van der Waals surface area contributed by atoms with Gasteiger partial charge in [-0.25, -0.2) is 9.96 Å². The lowest BCUT2D eigenvalue weighted by molar-refractivity contribution is -0.384. The van der Waals surface area contributed by atoms with Gasteiger partial charge in [-0.3, -0.25) is 24.5 Å². The maximum atomic E-state index is 13.6. The Hall–Kier alpha value is -3.95. The summed E-state index contributed by atoms with van der Waals surface area (Å²) in [5, 5.41) is 13.4. The van der Waals surface area contributed by atoms with Crippen LogP contribution >= 0.6 is 11.6 Å². The van der Waals surface area contributed by atoms with E-state index in [1.165, 1.54) is 24.3 Å². The summed E-state index contributed by atoms with van der Waals surface area (Å²) in [6, 6.07) is 18.5. The first-order valence-corrected chi connectivity index (χ1v) is 10.7. The number of non-ortho nitro benzene ring substituents is 1. The third kappa shape index (κ3) is 3.55. The van der Waals surface area contributed by atoms with Gasteiger partial charge in [-0.2, -0.15) is 0 Å². The van der Waals surface area contributed by atoms with Gasteiger partial charge < -0.3 is 4.74 Å². The number of imide groups is 1. The minimum Gasteiger partial charge on any atom is -0.497 e.